The minimum atomic E-state index is 0.0880. The van der Waals surface area contributed by atoms with Crippen molar-refractivity contribution < 1.29 is 9.53 Å². The molecule has 0 spiro atoms. The van der Waals surface area contributed by atoms with E-state index in [2.05, 4.69) is 9.72 Å². The molecule has 1 aromatic rings. The Kier molecular flexibility index (Phi) is 4.60. The molecule has 1 aliphatic rings. The van der Waals surface area contributed by atoms with Gasteiger partial charge in [0.25, 0.3) is 12.0 Å². The maximum Gasteiger partial charge on any atom is 0.293 e. The molecule has 0 amide bonds. The zero-order valence-corrected chi connectivity index (χ0v) is 8.73. The highest BCUT2D eigenvalue weighted by molar-refractivity contribution is 5.36. The monoisotopic (exact) mass is 209 g/mol. The molecule has 4 nitrogen and oxygen atoms in total. The number of H-pyrrole nitrogens is 1. The van der Waals surface area contributed by atoms with Crippen molar-refractivity contribution in [3.63, 3.8) is 0 Å². The van der Waals surface area contributed by atoms with Gasteiger partial charge in [0, 0.05) is 11.8 Å². The lowest BCUT2D eigenvalue weighted by atomic mass is 10.2. The smallest absolute Gasteiger partial charge is 0.293 e. The molecule has 2 rings (SSSR count). The van der Waals surface area contributed by atoms with Gasteiger partial charge in [-0.05, 0) is 31.7 Å². The largest absolute Gasteiger partial charge is 0.468 e. The standard InChI is InChI=1S/C8H9NO.C3H6O2/c10-8-7(6-3-4-6)2-1-5-9-8;1-2-5-3-4/h1-2,5-6H,3-4H2,(H,9,10);3H,2H2,1H3. The second kappa shape index (κ2) is 6.01. The third-order valence-electron chi connectivity index (χ3n) is 2.10. The van der Waals surface area contributed by atoms with Crippen LogP contribution in [0, 0.1) is 0 Å². The van der Waals surface area contributed by atoms with Crippen molar-refractivity contribution in [1.29, 1.82) is 0 Å². The Morgan fingerprint density at radius 1 is 1.60 bits per heavy atom. The lowest BCUT2D eigenvalue weighted by molar-refractivity contribution is -0.128. The summed E-state index contributed by atoms with van der Waals surface area (Å²) < 4.78 is 4.15. The van der Waals surface area contributed by atoms with Crippen molar-refractivity contribution >= 4 is 6.47 Å². The Morgan fingerprint density at radius 3 is 2.73 bits per heavy atom. The molecule has 1 fully saturated rings. The number of pyridine rings is 1. The Bertz CT molecular complexity index is 355. The molecule has 0 radical (unpaired) electrons. The fourth-order valence-corrected chi connectivity index (χ4v) is 1.22. The van der Waals surface area contributed by atoms with E-state index in [1.165, 1.54) is 12.8 Å². The summed E-state index contributed by atoms with van der Waals surface area (Å²) in [6.45, 7) is 2.66. The third kappa shape index (κ3) is 3.97. The molecule has 0 atom stereocenters. The van der Waals surface area contributed by atoms with Gasteiger partial charge in [0.15, 0.2) is 0 Å². The number of carbonyl (C=O) groups excluding carboxylic acids is 1. The average Bonchev–Trinajstić information content (AvgIpc) is 3.04. The van der Waals surface area contributed by atoms with Crippen LogP contribution in [0.4, 0.5) is 0 Å². The number of nitrogens with one attached hydrogen (secondary N) is 1. The Morgan fingerprint density at radius 2 is 2.33 bits per heavy atom. The van der Waals surface area contributed by atoms with Crippen LogP contribution in [0.15, 0.2) is 23.1 Å². The van der Waals surface area contributed by atoms with Gasteiger partial charge in [-0.1, -0.05) is 6.07 Å². The summed E-state index contributed by atoms with van der Waals surface area (Å²) in [7, 11) is 0. The molecular formula is C11H15NO3. The first-order valence-electron chi connectivity index (χ1n) is 5.02. The Hall–Kier alpha value is -1.58. The number of hydrogen-bond acceptors (Lipinski definition) is 3. The molecule has 1 aliphatic carbocycles. The summed E-state index contributed by atoms with van der Waals surface area (Å²) in [6, 6.07) is 3.80. The minimum Gasteiger partial charge on any atom is -0.468 e. The maximum atomic E-state index is 11.0. The van der Waals surface area contributed by atoms with E-state index in [1.54, 1.807) is 13.1 Å². The second-order valence-electron chi connectivity index (χ2n) is 3.28. The highest BCUT2D eigenvalue weighted by atomic mass is 16.5. The summed E-state index contributed by atoms with van der Waals surface area (Å²) in [5.41, 5.74) is 1.05. The van der Waals surface area contributed by atoms with E-state index >= 15 is 0 Å². The topological polar surface area (TPSA) is 59.2 Å². The quantitative estimate of drug-likeness (QED) is 0.766. The van der Waals surface area contributed by atoms with E-state index in [0.29, 0.717) is 19.0 Å². The first-order chi connectivity index (χ1) is 7.29. The molecular weight excluding hydrogens is 194 g/mol. The second-order valence-corrected chi connectivity index (χ2v) is 3.28. The van der Waals surface area contributed by atoms with Gasteiger partial charge in [-0.15, -0.1) is 0 Å². The van der Waals surface area contributed by atoms with Gasteiger partial charge in [-0.3, -0.25) is 9.59 Å². The van der Waals surface area contributed by atoms with Crippen molar-refractivity contribution in [2.75, 3.05) is 6.61 Å². The van der Waals surface area contributed by atoms with E-state index in [1.807, 2.05) is 12.1 Å². The fourth-order valence-electron chi connectivity index (χ4n) is 1.22. The van der Waals surface area contributed by atoms with Crippen LogP contribution in [0.25, 0.3) is 0 Å². The van der Waals surface area contributed by atoms with Gasteiger partial charge in [-0.2, -0.15) is 0 Å². The zero-order chi connectivity index (χ0) is 11.1. The van der Waals surface area contributed by atoms with Crippen molar-refractivity contribution in [3.8, 4) is 0 Å². The maximum absolute atomic E-state index is 11.0. The highest BCUT2D eigenvalue weighted by Gasteiger charge is 2.25. The lowest BCUT2D eigenvalue weighted by Crippen LogP contribution is -2.09. The molecule has 1 N–H and O–H groups in total. The molecule has 0 unspecified atom stereocenters. The van der Waals surface area contributed by atoms with Crippen LogP contribution >= 0.6 is 0 Å². The average molecular weight is 209 g/mol. The molecule has 82 valence electrons. The van der Waals surface area contributed by atoms with Crippen molar-refractivity contribution in [2.24, 2.45) is 0 Å². The van der Waals surface area contributed by atoms with E-state index in [-0.39, 0.29) is 5.56 Å². The Balaban J connectivity index is 0.000000195. The first kappa shape index (κ1) is 11.5. The van der Waals surface area contributed by atoms with Crippen molar-refractivity contribution in [3.05, 3.63) is 34.2 Å². The summed E-state index contributed by atoms with van der Waals surface area (Å²) >= 11 is 0. The number of rotatable bonds is 3. The third-order valence-corrected chi connectivity index (χ3v) is 2.10. The molecule has 0 bridgehead atoms. The van der Waals surface area contributed by atoms with Gasteiger partial charge in [0.05, 0.1) is 6.61 Å². The van der Waals surface area contributed by atoms with Crippen LogP contribution in [0.2, 0.25) is 0 Å². The molecule has 4 heteroatoms. The van der Waals surface area contributed by atoms with Crippen LogP contribution in [0.5, 0.6) is 0 Å². The van der Waals surface area contributed by atoms with Crippen LogP contribution < -0.4 is 5.56 Å². The van der Waals surface area contributed by atoms with Crippen LogP contribution in [0.1, 0.15) is 31.2 Å². The minimum absolute atomic E-state index is 0.0880. The molecule has 1 saturated carbocycles. The van der Waals surface area contributed by atoms with E-state index < -0.39 is 0 Å². The normalized spacial score (nSPS) is 13.7. The number of aromatic nitrogens is 1. The predicted octanol–water partition coefficient (Wildman–Crippen LogP) is 1.43. The number of ether oxygens (including phenoxy) is 1. The number of hydrogen-bond donors (Lipinski definition) is 1. The number of carbonyl (C=O) groups is 1. The molecule has 15 heavy (non-hydrogen) atoms. The predicted molar refractivity (Wildman–Crippen MR) is 56.7 cm³/mol. The summed E-state index contributed by atoms with van der Waals surface area (Å²) in [5, 5.41) is 0. The van der Waals surface area contributed by atoms with Crippen LogP contribution in [0.3, 0.4) is 0 Å². The fraction of sp³-hybridized carbons (Fsp3) is 0.455. The van der Waals surface area contributed by atoms with Crippen molar-refractivity contribution in [1.82, 2.24) is 4.98 Å². The SMILES string of the molecule is CCOC=O.O=c1[nH]cccc1C1CC1. The van der Waals surface area contributed by atoms with Gasteiger partial charge in [-0.25, -0.2) is 0 Å². The van der Waals surface area contributed by atoms with E-state index in [9.17, 15) is 9.59 Å². The van der Waals surface area contributed by atoms with Gasteiger partial charge < -0.3 is 9.72 Å². The lowest BCUT2D eigenvalue weighted by Gasteiger charge is -1.91. The van der Waals surface area contributed by atoms with Gasteiger partial charge in [0.2, 0.25) is 0 Å². The van der Waals surface area contributed by atoms with Crippen LogP contribution in [-0.2, 0) is 9.53 Å². The van der Waals surface area contributed by atoms with Crippen molar-refractivity contribution in [2.45, 2.75) is 25.7 Å². The molecule has 1 aromatic heterocycles. The molecule has 1 heterocycles. The molecule has 0 aromatic carbocycles. The van der Waals surface area contributed by atoms with E-state index in [0.717, 1.165) is 5.56 Å². The van der Waals surface area contributed by atoms with E-state index in [4.69, 9.17) is 0 Å². The van der Waals surface area contributed by atoms with Gasteiger partial charge in [0.1, 0.15) is 0 Å². The Labute approximate surface area is 88.3 Å². The first-order valence-corrected chi connectivity index (χ1v) is 5.02. The summed E-state index contributed by atoms with van der Waals surface area (Å²) in [6.07, 6.45) is 4.05. The summed E-state index contributed by atoms with van der Waals surface area (Å²) in [4.78, 5) is 22.9. The zero-order valence-electron chi connectivity index (χ0n) is 8.73. The molecule has 0 aliphatic heterocycles. The molecule has 0 saturated heterocycles. The van der Waals surface area contributed by atoms with Crippen LogP contribution in [-0.4, -0.2) is 18.1 Å². The highest BCUT2D eigenvalue weighted by Crippen LogP contribution is 2.37. The van der Waals surface area contributed by atoms with Gasteiger partial charge >= 0.3 is 0 Å². The number of aromatic amines is 1. The summed E-state index contributed by atoms with van der Waals surface area (Å²) in [5.74, 6) is 0.560.